The van der Waals surface area contributed by atoms with Crippen LogP contribution < -0.4 is 5.32 Å². The number of benzene rings is 2. The Hall–Kier alpha value is -1.98. The maximum Gasteiger partial charge on any atom is 0.192 e. The average Bonchev–Trinajstić information content (AvgIpc) is 3.08. The van der Waals surface area contributed by atoms with Gasteiger partial charge in [0.25, 0.3) is 0 Å². The Morgan fingerprint density at radius 3 is 2.39 bits per heavy atom. The zero-order valence-electron chi connectivity index (χ0n) is 17.3. The van der Waals surface area contributed by atoms with Gasteiger partial charge in [0, 0.05) is 18.2 Å². The molecule has 5 heteroatoms. The summed E-state index contributed by atoms with van der Waals surface area (Å²) in [7, 11) is -1.97. The molecule has 28 heavy (non-hydrogen) atoms. The third-order valence-electron chi connectivity index (χ3n) is 6.10. The fraction of sp³-hybridized carbons (Fsp3) is 0.391. The third kappa shape index (κ3) is 4.05. The van der Waals surface area contributed by atoms with E-state index in [9.17, 15) is 8.78 Å². The van der Waals surface area contributed by atoms with E-state index in [0.29, 0.717) is 18.6 Å². The van der Waals surface area contributed by atoms with Crippen molar-refractivity contribution in [3.8, 4) is 0 Å². The van der Waals surface area contributed by atoms with E-state index in [1.807, 2.05) is 18.2 Å². The summed E-state index contributed by atoms with van der Waals surface area (Å²) in [6.45, 7) is 11.6. The Morgan fingerprint density at radius 1 is 1.07 bits per heavy atom. The highest BCUT2D eigenvalue weighted by molar-refractivity contribution is 6.74. The van der Waals surface area contributed by atoms with Gasteiger partial charge < -0.3 is 9.74 Å². The number of halogens is 2. The van der Waals surface area contributed by atoms with E-state index in [1.165, 1.54) is 12.1 Å². The molecule has 0 amide bonds. The van der Waals surface area contributed by atoms with Crippen LogP contribution in [-0.2, 0) is 9.96 Å². The second kappa shape index (κ2) is 7.45. The van der Waals surface area contributed by atoms with Crippen LogP contribution in [0.25, 0.3) is 5.57 Å². The minimum absolute atomic E-state index is 0.0917. The van der Waals surface area contributed by atoms with Crippen molar-refractivity contribution in [3.05, 3.63) is 77.5 Å². The molecule has 0 fully saturated rings. The van der Waals surface area contributed by atoms with Crippen molar-refractivity contribution in [3.63, 3.8) is 0 Å². The first-order valence-corrected chi connectivity index (χ1v) is 12.6. The minimum Gasteiger partial charge on any atom is -0.414 e. The lowest BCUT2D eigenvalue weighted by molar-refractivity contribution is 0.188. The summed E-state index contributed by atoms with van der Waals surface area (Å²) in [4.78, 5) is 0. The maximum atomic E-state index is 14.3. The second-order valence-corrected chi connectivity index (χ2v) is 13.9. The highest BCUT2D eigenvalue weighted by Gasteiger charge is 2.43. The van der Waals surface area contributed by atoms with Gasteiger partial charge in [0.15, 0.2) is 8.32 Å². The molecule has 0 radical (unpaired) electrons. The molecule has 1 aliphatic rings. The van der Waals surface area contributed by atoms with Crippen LogP contribution in [0.2, 0.25) is 18.1 Å². The Balaban J connectivity index is 1.92. The van der Waals surface area contributed by atoms with Crippen LogP contribution in [0.1, 0.15) is 38.3 Å². The van der Waals surface area contributed by atoms with Gasteiger partial charge in [0.1, 0.15) is 11.6 Å². The van der Waals surface area contributed by atoms with E-state index < -0.39 is 25.5 Å². The van der Waals surface area contributed by atoms with Gasteiger partial charge in [-0.2, -0.15) is 0 Å². The summed E-state index contributed by atoms with van der Waals surface area (Å²) in [6, 6.07) is 13.7. The first-order chi connectivity index (χ1) is 13.0. The summed E-state index contributed by atoms with van der Waals surface area (Å²) in [5.74, 6) is -0.851. The molecular formula is C23H29F2NOSi. The molecule has 1 atom stereocenters. The van der Waals surface area contributed by atoms with Gasteiger partial charge in [-0.15, -0.1) is 0 Å². The van der Waals surface area contributed by atoms with Gasteiger partial charge in [-0.1, -0.05) is 51.1 Å². The van der Waals surface area contributed by atoms with Gasteiger partial charge >= 0.3 is 0 Å². The zero-order valence-corrected chi connectivity index (χ0v) is 18.3. The molecule has 1 aliphatic heterocycles. The number of rotatable bonds is 5. The molecule has 0 saturated heterocycles. The molecule has 2 aromatic carbocycles. The molecule has 0 aliphatic carbocycles. The molecule has 1 N–H and O–H groups in total. The first kappa shape index (κ1) is 20.7. The Bertz CT molecular complexity index is 874. The Morgan fingerprint density at radius 2 is 1.75 bits per heavy atom. The summed E-state index contributed by atoms with van der Waals surface area (Å²) < 4.78 is 34.6. The predicted molar refractivity (Wildman–Crippen MR) is 113 cm³/mol. The van der Waals surface area contributed by atoms with Gasteiger partial charge in [0.2, 0.25) is 0 Å². The highest BCUT2D eigenvalue weighted by Crippen LogP contribution is 2.42. The van der Waals surface area contributed by atoms with E-state index in [2.05, 4.69) is 51.3 Å². The highest BCUT2D eigenvalue weighted by atomic mass is 28.4. The second-order valence-electron chi connectivity index (χ2n) is 9.11. The van der Waals surface area contributed by atoms with Gasteiger partial charge in [-0.3, -0.25) is 0 Å². The van der Waals surface area contributed by atoms with Crippen molar-refractivity contribution in [2.45, 2.75) is 50.9 Å². The lowest BCUT2D eigenvalue weighted by Crippen LogP contribution is -2.48. The lowest BCUT2D eigenvalue weighted by atomic mass is 9.85. The van der Waals surface area contributed by atoms with Crippen molar-refractivity contribution in [1.29, 1.82) is 0 Å². The van der Waals surface area contributed by atoms with E-state index >= 15 is 0 Å². The number of nitrogens with one attached hydrogen (secondary N) is 1. The maximum absolute atomic E-state index is 14.3. The molecule has 0 bridgehead atoms. The predicted octanol–water partition coefficient (Wildman–Crippen LogP) is 6.22. The van der Waals surface area contributed by atoms with Crippen molar-refractivity contribution >= 4 is 13.9 Å². The topological polar surface area (TPSA) is 21.3 Å². The van der Waals surface area contributed by atoms with Crippen molar-refractivity contribution in [2.75, 3.05) is 6.61 Å². The van der Waals surface area contributed by atoms with Crippen LogP contribution in [0.5, 0.6) is 0 Å². The molecule has 0 saturated carbocycles. The first-order valence-electron chi connectivity index (χ1n) is 9.66. The van der Waals surface area contributed by atoms with Crippen LogP contribution in [0.15, 0.2) is 54.7 Å². The van der Waals surface area contributed by atoms with Gasteiger partial charge in [0.05, 0.1) is 12.1 Å². The fourth-order valence-corrected chi connectivity index (χ4v) is 4.25. The lowest BCUT2D eigenvalue weighted by Gasteiger charge is -2.40. The Labute approximate surface area is 167 Å². The van der Waals surface area contributed by atoms with Crippen LogP contribution in [0.3, 0.4) is 0 Å². The molecule has 0 aromatic heterocycles. The van der Waals surface area contributed by atoms with Crippen LogP contribution >= 0.6 is 0 Å². The minimum atomic E-state index is -1.97. The molecule has 2 nitrogen and oxygen atoms in total. The largest absolute Gasteiger partial charge is 0.414 e. The summed E-state index contributed by atoms with van der Waals surface area (Å²) in [5, 5.41) is 3.54. The molecule has 1 heterocycles. The fourth-order valence-electron chi connectivity index (χ4n) is 3.21. The standard InChI is InChI=1S/C23H29F2NOSi/c1-22(2,3)28(4,5)27-16-23(18-9-7-6-8-10-18)14-17(15-26-23)20-13-19(24)11-12-21(20)25/h6-13,15,26H,14,16H2,1-5H3. The van der Waals surface area contributed by atoms with Crippen molar-refractivity contribution in [2.24, 2.45) is 0 Å². The Kier molecular flexibility index (Phi) is 5.52. The number of hydrogen-bond acceptors (Lipinski definition) is 2. The molecule has 3 rings (SSSR count). The van der Waals surface area contributed by atoms with Crippen LogP contribution in [0.4, 0.5) is 8.78 Å². The van der Waals surface area contributed by atoms with E-state index in [-0.39, 0.29) is 5.04 Å². The van der Waals surface area contributed by atoms with E-state index in [0.717, 1.165) is 17.2 Å². The molecule has 150 valence electrons. The normalized spacial score (nSPS) is 20.0. The summed E-state index contributed by atoms with van der Waals surface area (Å²) >= 11 is 0. The van der Waals surface area contributed by atoms with Crippen LogP contribution in [-0.4, -0.2) is 14.9 Å². The van der Waals surface area contributed by atoms with Crippen LogP contribution in [0, 0.1) is 11.6 Å². The quantitative estimate of drug-likeness (QED) is 0.601. The molecule has 0 spiro atoms. The van der Waals surface area contributed by atoms with Crippen molar-refractivity contribution < 1.29 is 13.2 Å². The summed E-state index contributed by atoms with van der Waals surface area (Å²) in [5.41, 5.74) is 1.64. The SMILES string of the molecule is CC(C)(C)[Si](C)(C)OCC1(c2ccccc2)CC(c2cc(F)ccc2F)=CN1. The molecule has 1 unspecified atom stereocenters. The summed E-state index contributed by atoms with van der Waals surface area (Å²) in [6.07, 6.45) is 2.34. The monoisotopic (exact) mass is 401 g/mol. The van der Waals surface area contributed by atoms with E-state index in [1.54, 1.807) is 6.20 Å². The third-order valence-corrected chi connectivity index (χ3v) is 10.6. The average molecular weight is 402 g/mol. The van der Waals surface area contributed by atoms with Gasteiger partial charge in [-0.05, 0) is 47.5 Å². The molecular weight excluding hydrogens is 372 g/mol. The number of hydrogen-bond donors (Lipinski definition) is 1. The smallest absolute Gasteiger partial charge is 0.192 e. The zero-order chi connectivity index (χ0) is 20.6. The van der Waals surface area contributed by atoms with E-state index in [4.69, 9.17) is 4.43 Å². The molecule has 2 aromatic rings. The van der Waals surface area contributed by atoms with Gasteiger partial charge in [-0.25, -0.2) is 8.78 Å². The van der Waals surface area contributed by atoms with Crippen molar-refractivity contribution in [1.82, 2.24) is 5.32 Å².